The highest BCUT2D eigenvalue weighted by atomic mass is 79.9. The van der Waals surface area contributed by atoms with E-state index >= 15 is 0 Å². The van der Waals surface area contributed by atoms with Crippen LogP contribution in [0.2, 0.25) is 0 Å². The Morgan fingerprint density at radius 3 is 2.44 bits per heavy atom. The van der Waals surface area contributed by atoms with E-state index in [0.29, 0.717) is 15.6 Å². The van der Waals surface area contributed by atoms with Crippen molar-refractivity contribution in [3.05, 3.63) is 69.4 Å². The molecule has 5 nitrogen and oxygen atoms in total. The second-order valence-corrected chi connectivity index (χ2v) is 6.52. The van der Waals surface area contributed by atoms with E-state index in [1.165, 1.54) is 12.1 Å². The Labute approximate surface area is 151 Å². The lowest BCUT2D eigenvalue weighted by Gasteiger charge is -2.13. The Bertz CT molecular complexity index is 852. The van der Waals surface area contributed by atoms with Gasteiger partial charge in [0.05, 0.1) is 11.1 Å². The summed E-state index contributed by atoms with van der Waals surface area (Å²) < 4.78 is 13.5. The molecule has 7 heteroatoms. The van der Waals surface area contributed by atoms with Crippen molar-refractivity contribution in [2.75, 3.05) is 6.54 Å². The summed E-state index contributed by atoms with van der Waals surface area (Å²) >= 11 is 3.27. The molecule has 3 rings (SSSR count). The van der Waals surface area contributed by atoms with E-state index in [9.17, 15) is 18.8 Å². The molecule has 0 spiro atoms. The van der Waals surface area contributed by atoms with E-state index < -0.39 is 5.91 Å². The molecule has 0 saturated carbocycles. The van der Waals surface area contributed by atoms with Gasteiger partial charge in [-0.05, 0) is 35.9 Å². The van der Waals surface area contributed by atoms with Crippen LogP contribution in [0.25, 0.3) is 0 Å². The lowest BCUT2D eigenvalue weighted by Crippen LogP contribution is -2.34. The fourth-order valence-corrected chi connectivity index (χ4v) is 2.93. The van der Waals surface area contributed by atoms with Crippen molar-refractivity contribution in [2.45, 2.75) is 13.0 Å². The number of halogens is 2. The maximum atomic E-state index is 12.8. The molecule has 25 heavy (non-hydrogen) atoms. The maximum absolute atomic E-state index is 12.8. The van der Waals surface area contributed by atoms with Crippen molar-refractivity contribution >= 4 is 33.7 Å². The van der Waals surface area contributed by atoms with Gasteiger partial charge in [-0.15, -0.1) is 0 Å². The molecule has 1 aliphatic heterocycles. The summed E-state index contributed by atoms with van der Waals surface area (Å²) in [5, 5.41) is 2.68. The minimum atomic E-state index is -0.396. The van der Waals surface area contributed by atoms with Crippen LogP contribution in [-0.4, -0.2) is 29.2 Å². The maximum Gasteiger partial charge on any atom is 0.261 e. The standard InChI is InChI=1S/C18H14BrFN2O3/c19-12-3-6-14-15(9-12)18(25)22(17(14)24)8-7-16(23)21-10-11-1-4-13(20)5-2-11/h1-6,9H,7-8,10H2,(H,21,23). The minimum Gasteiger partial charge on any atom is -0.352 e. The molecule has 128 valence electrons. The second kappa shape index (κ2) is 7.14. The quantitative estimate of drug-likeness (QED) is 0.779. The molecule has 2 aromatic rings. The lowest BCUT2D eigenvalue weighted by atomic mass is 10.1. The summed E-state index contributed by atoms with van der Waals surface area (Å²) in [7, 11) is 0. The number of carbonyl (C=O) groups is 3. The first-order valence-corrected chi connectivity index (χ1v) is 8.42. The minimum absolute atomic E-state index is 0.00777. The van der Waals surface area contributed by atoms with Gasteiger partial charge in [0.25, 0.3) is 11.8 Å². The number of imide groups is 1. The summed E-state index contributed by atoms with van der Waals surface area (Å²) in [6.07, 6.45) is 0.00777. The van der Waals surface area contributed by atoms with Gasteiger partial charge in [-0.25, -0.2) is 4.39 Å². The molecule has 1 N–H and O–H groups in total. The summed E-state index contributed by atoms with van der Waals surface area (Å²) in [6.45, 7) is 0.271. The molecule has 0 aliphatic carbocycles. The van der Waals surface area contributed by atoms with Crippen LogP contribution in [0.3, 0.4) is 0 Å². The third kappa shape index (κ3) is 3.76. The Morgan fingerprint density at radius 2 is 1.72 bits per heavy atom. The summed E-state index contributed by atoms with van der Waals surface area (Å²) in [6, 6.07) is 10.7. The predicted molar refractivity (Wildman–Crippen MR) is 92.4 cm³/mol. The van der Waals surface area contributed by atoms with Gasteiger partial charge in [-0.3, -0.25) is 19.3 Å². The van der Waals surface area contributed by atoms with Crippen molar-refractivity contribution in [1.82, 2.24) is 10.2 Å². The number of amides is 3. The van der Waals surface area contributed by atoms with Gasteiger partial charge in [-0.2, -0.15) is 0 Å². The first kappa shape index (κ1) is 17.3. The number of nitrogens with one attached hydrogen (secondary N) is 1. The van der Waals surface area contributed by atoms with Crippen LogP contribution >= 0.6 is 15.9 Å². The van der Waals surface area contributed by atoms with E-state index in [2.05, 4.69) is 21.2 Å². The molecular weight excluding hydrogens is 391 g/mol. The number of rotatable bonds is 5. The number of hydrogen-bond acceptors (Lipinski definition) is 3. The Hall–Kier alpha value is -2.54. The topological polar surface area (TPSA) is 66.5 Å². The molecular formula is C18H14BrFN2O3. The van der Waals surface area contributed by atoms with Gasteiger partial charge in [0.2, 0.25) is 5.91 Å². The monoisotopic (exact) mass is 404 g/mol. The average Bonchev–Trinajstić information content (AvgIpc) is 2.83. The molecule has 0 unspecified atom stereocenters. The van der Waals surface area contributed by atoms with Crippen molar-refractivity contribution in [1.29, 1.82) is 0 Å². The first-order chi connectivity index (χ1) is 12.0. The first-order valence-electron chi connectivity index (χ1n) is 7.62. The molecule has 0 fully saturated rings. The molecule has 3 amide bonds. The number of hydrogen-bond donors (Lipinski definition) is 1. The average molecular weight is 405 g/mol. The molecule has 2 aromatic carbocycles. The molecule has 0 bridgehead atoms. The SMILES string of the molecule is O=C(CCN1C(=O)c2ccc(Br)cc2C1=O)NCc1ccc(F)cc1. The normalized spacial score (nSPS) is 13.1. The highest BCUT2D eigenvalue weighted by Gasteiger charge is 2.35. The van der Waals surface area contributed by atoms with Gasteiger partial charge >= 0.3 is 0 Å². The number of benzene rings is 2. The van der Waals surface area contributed by atoms with Gasteiger partial charge in [0.1, 0.15) is 5.82 Å². The van der Waals surface area contributed by atoms with Crippen molar-refractivity contribution in [2.24, 2.45) is 0 Å². The van der Waals surface area contributed by atoms with Crippen LogP contribution in [0.15, 0.2) is 46.9 Å². The fraction of sp³-hybridized carbons (Fsp3) is 0.167. The number of carbonyl (C=O) groups excluding carboxylic acids is 3. The van der Waals surface area contributed by atoms with E-state index in [-0.39, 0.29) is 37.1 Å². The Morgan fingerprint density at radius 1 is 1.04 bits per heavy atom. The smallest absolute Gasteiger partial charge is 0.261 e. The predicted octanol–water partition coefficient (Wildman–Crippen LogP) is 2.89. The third-order valence-corrected chi connectivity index (χ3v) is 4.39. The highest BCUT2D eigenvalue weighted by molar-refractivity contribution is 9.10. The number of fused-ring (bicyclic) bond motifs is 1. The molecule has 1 heterocycles. The van der Waals surface area contributed by atoms with Crippen LogP contribution in [0.1, 0.15) is 32.7 Å². The fourth-order valence-electron chi connectivity index (χ4n) is 2.57. The molecule has 0 saturated heterocycles. The van der Waals surface area contributed by atoms with E-state index in [4.69, 9.17) is 0 Å². The molecule has 0 aromatic heterocycles. The van der Waals surface area contributed by atoms with Gasteiger partial charge in [0, 0.05) is 24.0 Å². The van der Waals surface area contributed by atoms with Crippen molar-refractivity contribution in [3.8, 4) is 0 Å². The molecule has 1 aliphatic rings. The van der Waals surface area contributed by atoms with Gasteiger partial charge in [-0.1, -0.05) is 28.1 Å². The van der Waals surface area contributed by atoms with E-state index in [1.54, 1.807) is 30.3 Å². The van der Waals surface area contributed by atoms with E-state index in [0.717, 1.165) is 10.5 Å². The van der Waals surface area contributed by atoms with Crippen molar-refractivity contribution in [3.63, 3.8) is 0 Å². The van der Waals surface area contributed by atoms with Crippen LogP contribution in [-0.2, 0) is 11.3 Å². The summed E-state index contributed by atoms with van der Waals surface area (Å²) in [5.41, 5.74) is 1.45. The zero-order valence-corrected chi connectivity index (χ0v) is 14.7. The summed E-state index contributed by atoms with van der Waals surface area (Å²) in [4.78, 5) is 37.6. The lowest BCUT2D eigenvalue weighted by molar-refractivity contribution is -0.121. The second-order valence-electron chi connectivity index (χ2n) is 5.61. The van der Waals surface area contributed by atoms with Gasteiger partial charge < -0.3 is 5.32 Å². The van der Waals surface area contributed by atoms with Crippen LogP contribution in [0.4, 0.5) is 4.39 Å². The zero-order valence-electron chi connectivity index (χ0n) is 13.1. The third-order valence-electron chi connectivity index (χ3n) is 3.90. The largest absolute Gasteiger partial charge is 0.352 e. The van der Waals surface area contributed by atoms with Crippen LogP contribution in [0.5, 0.6) is 0 Å². The molecule has 0 atom stereocenters. The van der Waals surface area contributed by atoms with Crippen LogP contribution < -0.4 is 5.32 Å². The molecule has 0 radical (unpaired) electrons. The van der Waals surface area contributed by atoms with E-state index in [1.807, 2.05) is 0 Å². The van der Waals surface area contributed by atoms with Crippen molar-refractivity contribution < 1.29 is 18.8 Å². The summed E-state index contributed by atoms with van der Waals surface area (Å²) in [5.74, 6) is -1.42. The van der Waals surface area contributed by atoms with Gasteiger partial charge in [0.15, 0.2) is 0 Å². The van der Waals surface area contributed by atoms with Crippen LogP contribution in [0, 0.1) is 5.82 Å². The highest BCUT2D eigenvalue weighted by Crippen LogP contribution is 2.26. The Balaban J connectivity index is 1.55. The Kier molecular flexibility index (Phi) is 4.94. The zero-order chi connectivity index (χ0) is 18.0. The number of nitrogens with zero attached hydrogens (tertiary/aromatic N) is 1.